The molecule has 0 fully saturated rings. The van der Waals surface area contributed by atoms with Gasteiger partial charge >= 0.3 is 0 Å². The van der Waals surface area contributed by atoms with E-state index in [0.717, 1.165) is 19.6 Å². The van der Waals surface area contributed by atoms with E-state index in [1.165, 1.54) is 57.1 Å². The Bertz CT molecular complexity index is 2170. The molecule has 0 saturated heterocycles. The summed E-state index contributed by atoms with van der Waals surface area (Å²) in [6.07, 6.45) is -1.77. The number of hydrogen-bond acceptors (Lipinski definition) is 15. The number of primary amides is 1. The van der Waals surface area contributed by atoms with Crippen molar-refractivity contribution in [2.75, 3.05) is 91.6 Å². The van der Waals surface area contributed by atoms with E-state index in [-0.39, 0.29) is 38.0 Å². The van der Waals surface area contributed by atoms with Gasteiger partial charge in [-0.1, -0.05) is 48.5 Å². The first-order chi connectivity index (χ1) is 39.6. The number of carbonyl (C=O) groups is 11. The Morgan fingerprint density at radius 1 is 0.271 bits per heavy atom. The van der Waals surface area contributed by atoms with Gasteiger partial charge in [0.05, 0.1) is 50.6 Å². The molecule has 0 spiro atoms. The van der Waals surface area contributed by atoms with E-state index in [2.05, 4.69) is 0 Å². The molecule has 0 radical (unpaired) electrons. The third kappa shape index (κ3) is 27.5. The van der Waals surface area contributed by atoms with Crippen LogP contribution in [0.25, 0.3) is 0 Å². The van der Waals surface area contributed by atoms with Crippen LogP contribution in [0.3, 0.4) is 0 Å². The molecule has 6 N–H and O–H groups in total. The Hall–Kier alpha value is -5.99. The molecular weight excluding hydrogens is 1100 g/mol. The minimum Gasteiger partial charge on any atom is -0.392 e. The third-order valence-corrected chi connectivity index (χ3v) is 15.5. The SMILES string of the molecule is CCC(=O)N(CC(=O)N(CC(=O)N(CC(=O)N(CC(=O)N(CC(=O)N(CC(=O)N(CC(=O)N(CC(=O)N(CC(=O)N(CC(N)=O)CC(C)O)C(C)CC)C(C)CC)C(C)CC)CC(C)O)CC(C)O)CC(C)O)C(C)CC)C(C)CC)C(C)CC. The molecule has 0 aliphatic rings. The summed E-state index contributed by atoms with van der Waals surface area (Å²) in [6, 6.07) is -2.84. The van der Waals surface area contributed by atoms with Crippen LogP contribution in [0.5, 0.6) is 0 Å². The van der Waals surface area contributed by atoms with E-state index in [0.29, 0.717) is 38.5 Å². The van der Waals surface area contributed by atoms with Crippen LogP contribution >= 0.6 is 0 Å². The van der Waals surface area contributed by atoms with Crippen molar-refractivity contribution in [2.45, 2.75) is 223 Å². The van der Waals surface area contributed by atoms with Gasteiger partial charge in [0.1, 0.15) is 39.3 Å². The van der Waals surface area contributed by atoms with Crippen LogP contribution in [0.4, 0.5) is 0 Å². The Morgan fingerprint density at radius 2 is 0.435 bits per heavy atom. The molecule has 0 rings (SSSR count). The fourth-order valence-corrected chi connectivity index (χ4v) is 9.16. The summed E-state index contributed by atoms with van der Waals surface area (Å²) in [5.41, 5.74) is 5.38. The molecule has 0 aliphatic carbocycles. The lowest BCUT2D eigenvalue weighted by atomic mass is 10.1. The Kier molecular flexibility index (Phi) is 36.9. The molecule has 85 heavy (non-hydrogen) atoms. The monoisotopic (exact) mass is 1210 g/mol. The largest absolute Gasteiger partial charge is 0.392 e. The Morgan fingerprint density at radius 3 is 0.624 bits per heavy atom. The number of nitrogens with two attached hydrogens (primary N) is 1. The number of amides is 11. The van der Waals surface area contributed by atoms with Crippen LogP contribution in [0, 0.1) is 0 Å². The van der Waals surface area contributed by atoms with Crippen LogP contribution in [-0.2, 0) is 52.7 Å². The molecule has 11 amide bonds. The van der Waals surface area contributed by atoms with Gasteiger partial charge in [-0.25, -0.2) is 0 Å². The molecule has 26 nitrogen and oxygen atoms in total. The van der Waals surface area contributed by atoms with Crippen LogP contribution < -0.4 is 5.73 Å². The smallest absolute Gasteiger partial charge is 0.242 e. The predicted molar refractivity (Wildman–Crippen MR) is 321 cm³/mol. The fraction of sp³-hybridized carbons (Fsp3) is 0.814. The molecule has 0 heterocycles. The number of rotatable bonds is 41. The second kappa shape index (κ2) is 39.7. The van der Waals surface area contributed by atoms with Crippen LogP contribution in [-0.4, -0.2) is 287 Å². The maximum atomic E-state index is 14.5. The average Bonchev–Trinajstić information content (AvgIpc) is 3.64. The zero-order valence-corrected chi connectivity index (χ0v) is 54.5. The topological polar surface area (TPSA) is 327 Å². The quantitative estimate of drug-likeness (QED) is 0.0556. The van der Waals surface area contributed by atoms with Gasteiger partial charge < -0.3 is 75.2 Å². The van der Waals surface area contributed by atoms with E-state index < -0.39 is 186 Å². The molecule has 0 aromatic carbocycles. The molecule has 26 heteroatoms. The van der Waals surface area contributed by atoms with E-state index >= 15 is 0 Å². The minimum absolute atomic E-state index is 0.184. The normalized spacial score (nSPS) is 14.8. The van der Waals surface area contributed by atoms with Gasteiger partial charge in [-0.05, 0) is 108 Å². The van der Waals surface area contributed by atoms with Crippen molar-refractivity contribution in [3.63, 3.8) is 0 Å². The van der Waals surface area contributed by atoms with Gasteiger partial charge in [0, 0.05) is 68.9 Å². The van der Waals surface area contributed by atoms with Crippen LogP contribution in [0.2, 0.25) is 0 Å². The average molecular weight is 1210 g/mol. The van der Waals surface area contributed by atoms with Crippen LogP contribution in [0.15, 0.2) is 0 Å². The summed E-state index contributed by atoms with van der Waals surface area (Å²) in [5, 5.41) is 41.9. The highest BCUT2D eigenvalue weighted by atomic mass is 16.3. The van der Waals surface area contributed by atoms with Crippen molar-refractivity contribution in [3.05, 3.63) is 0 Å². The van der Waals surface area contributed by atoms with E-state index in [1.807, 2.05) is 27.7 Å². The molecule has 0 aromatic rings. The first kappa shape index (κ1) is 79.0. The van der Waals surface area contributed by atoms with Gasteiger partial charge in [0.2, 0.25) is 65.0 Å². The van der Waals surface area contributed by atoms with E-state index in [9.17, 15) is 73.2 Å². The van der Waals surface area contributed by atoms with Crippen molar-refractivity contribution in [3.8, 4) is 0 Å². The lowest BCUT2D eigenvalue weighted by Crippen LogP contribution is -2.56. The molecule has 0 bridgehead atoms. The maximum Gasteiger partial charge on any atom is 0.242 e. The van der Waals surface area contributed by atoms with Crippen molar-refractivity contribution >= 4 is 65.0 Å². The maximum absolute atomic E-state index is 14.5. The number of aliphatic hydroxyl groups excluding tert-OH is 4. The number of nitrogens with zero attached hydrogens (tertiary/aromatic N) is 10. The molecular formula is C59H109N11O15. The summed E-state index contributed by atoms with van der Waals surface area (Å²) in [5.74, 6) is -7.07. The van der Waals surface area contributed by atoms with Crippen LogP contribution in [0.1, 0.15) is 163 Å². The third-order valence-electron chi connectivity index (χ3n) is 15.5. The second-order valence-corrected chi connectivity index (χ2v) is 23.0. The zero-order valence-electron chi connectivity index (χ0n) is 54.5. The number of hydrogen-bond donors (Lipinski definition) is 5. The van der Waals surface area contributed by atoms with E-state index in [1.54, 1.807) is 62.3 Å². The zero-order chi connectivity index (χ0) is 65.7. The molecule has 10 unspecified atom stereocenters. The first-order valence-corrected chi connectivity index (χ1v) is 30.5. The highest BCUT2D eigenvalue weighted by molar-refractivity contribution is 5.95. The first-order valence-electron chi connectivity index (χ1n) is 30.5. The van der Waals surface area contributed by atoms with Crippen molar-refractivity contribution in [2.24, 2.45) is 5.73 Å². The van der Waals surface area contributed by atoms with Gasteiger partial charge in [-0.2, -0.15) is 0 Å². The molecule has 0 aliphatic heterocycles. The van der Waals surface area contributed by atoms with Crippen molar-refractivity contribution in [1.29, 1.82) is 0 Å². The summed E-state index contributed by atoms with van der Waals surface area (Å²) in [6.45, 7) is 21.9. The summed E-state index contributed by atoms with van der Waals surface area (Å²) >= 11 is 0. The predicted octanol–water partition coefficient (Wildman–Crippen LogP) is 0.482. The highest BCUT2D eigenvalue weighted by Crippen LogP contribution is 2.17. The van der Waals surface area contributed by atoms with Gasteiger partial charge in [0.25, 0.3) is 0 Å². The van der Waals surface area contributed by atoms with Gasteiger partial charge in [-0.3, -0.25) is 52.7 Å². The van der Waals surface area contributed by atoms with Crippen molar-refractivity contribution < 1.29 is 73.2 Å². The Labute approximate surface area is 506 Å². The second-order valence-electron chi connectivity index (χ2n) is 23.0. The Balaban J connectivity index is 6.97. The summed E-state index contributed by atoms with van der Waals surface area (Å²) < 4.78 is 0. The molecule has 10 atom stereocenters. The minimum atomic E-state index is -1.21. The summed E-state index contributed by atoms with van der Waals surface area (Å²) in [4.78, 5) is 165. The lowest BCUT2D eigenvalue weighted by Gasteiger charge is -2.37. The van der Waals surface area contributed by atoms with E-state index in [4.69, 9.17) is 5.73 Å². The standard InChI is InChI=1S/C59H109N11O15/c1-18-39(8)65(50(76)24-7)35-56(82)69(43(12)22-5)37-58(84)67(41(10)20-3)34-54(80)63(27-47(16)73)31-51(77)62(26-46(15)72)30-52(78)64(28-48(17)74)32-55(81)68(42(11)21-4)36-59(85)70(44(13)23-6)38-57(83)66(40(9)19-2)33-53(79)61(25-45(14)71)29-49(60)75/h39-48,71-74H,18-38H2,1-17H3,(H2,60,75). The summed E-state index contributed by atoms with van der Waals surface area (Å²) in [7, 11) is 0. The van der Waals surface area contributed by atoms with Crippen molar-refractivity contribution in [1.82, 2.24) is 49.0 Å². The van der Waals surface area contributed by atoms with Gasteiger partial charge in [0.15, 0.2) is 0 Å². The fourth-order valence-electron chi connectivity index (χ4n) is 9.16. The molecule has 490 valence electrons. The number of aliphatic hydroxyl groups is 4. The number of carbonyl (C=O) groups excluding carboxylic acids is 11. The van der Waals surface area contributed by atoms with Gasteiger partial charge in [-0.15, -0.1) is 0 Å². The lowest BCUT2D eigenvalue weighted by molar-refractivity contribution is -0.152. The highest BCUT2D eigenvalue weighted by Gasteiger charge is 2.36. The molecule has 0 saturated carbocycles. The molecule has 0 aromatic heterocycles.